The number of hydrogen-bond acceptors (Lipinski definition) is 3. The number of rotatable bonds is 2. The minimum Gasteiger partial charge on any atom is -0.398 e. The second kappa shape index (κ2) is 6.00. The highest BCUT2D eigenvalue weighted by molar-refractivity contribution is 6.08. The van der Waals surface area contributed by atoms with Gasteiger partial charge in [-0.25, -0.2) is 9.38 Å². The Morgan fingerprint density at radius 3 is 2.90 bits per heavy atom. The summed E-state index contributed by atoms with van der Waals surface area (Å²) in [6, 6.07) is 2.56. The van der Waals surface area contributed by atoms with Crippen LogP contribution < -0.4 is 16.8 Å². The summed E-state index contributed by atoms with van der Waals surface area (Å²) in [6.45, 7) is 3.45. The first-order valence-corrected chi connectivity index (χ1v) is 6.68. The zero-order valence-corrected chi connectivity index (χ0v) is 11.5. The molecule has 1 atom stereocenters. The molecular formula is C14H20FN5. The molecule has 1 saturated heterocycles. The lowest BCUT2D eigenvalue weighted by Gasteiger charge is -2.22. The van der Waals surface area contributed by atoms with Crippen LogP contribution in [-0.4, -0.2) is 24.8 Å². The number of halogens is 1. The van der Waals surface area contributed by atoms with Crippen molar-refractivity contribution in [1.82, 2.24) is 5.32 Å². The van der Waals surface area contributed by atoms with Crippen LogP contribution in [-0.2, 0) is 0 Å². The van der Waals surface area contributed by atoms with E-state index in [1.807, 2.05) is 0 Å². The van der Waals surface area contributed by atoms with Gasteiger partial charge < -0.3 is 16.8 Å². The minimum atomic E-state index is -0.426. The number of amidine groups is 2. The lowest BCUT2D eigenvalue weighted by atomic mass is 9.98. The average molecular weight is 277 g/mol. The second-order valence-corrected chi connectivity index (χ2v) is 5.11. The third-order valence-electron chi connectivity index (χ3n) is 3.56. The molecule has 1 aromatic rings. The smallest absolute Gasteiger partial charge is 0.156 e. The summed E-state index contributed by atoms with van der Waals surface area (Å²) in [4.78, 5) is 4.10. The van der Waals surface area contributed by atoms with Gasteiger partial charge in [0.05, 0.1) is 0 Å². The van der Waals surface area contributed by atoms with Crippen LogP contribution in [0, 0.1) is 24.1 Å². The van der Waals surface area contributed by atoms with Gasteiger partial charge in [-0.05, 0) is 44.0 Å². The van der Waals surface area contributed by atoms with Gasteiger partial charge in [0.2, 0.25) is 0 Å². The van der Waals surface area contributed by atoms with E-state index in [-0.39, 0.29) is 17.3 Å². The molecule has 0 radical (unpaired) electrons. The fraction of sp³-hybridized carbons (Fsp3) is 0.429. The lowest BCUT2D eigenvalue weighted by Crippen LogP contribution is -2.38. The number of nitrogens with one attached hydrogen (secondary N) is 2. The van der Waals surface area contributed by atoms with Gasteiger partial charge in [0.15, 0.2) is 5.84 Å². The Kier molecular flexibility index (Phi) is 4.34. The fourth-order valence-electron chi connectivity index (χ4n) is 2.34. The molecule has 6 N–H and O–H groups in total. The summed E-state index contributed by atoms with van der Waals surface area (Å²) < 4.78 is 13.4. The van der Waals surface area contributed by atoms with Crippen LogP contribution in [0.2, 0.25) is 0 Å². The van der Waals surface area contributed by atoms with E-state index in [4.69, 9.17) is 16.9 Å². The van der Waals surface area contributed by atoms with Crippen molar-refractivity contribution in [1.29, 1.82) is 5.41 Å². The van der Waals surface area contributed by atoms with Gasteiger partial charge in [-0.15, -0.1) is 0 Å². The van der Waals surface area contributed by atoms with Crippen molar-refractivity contribution in [2.45, 2.75) is 19.8 Å². The highest BCUT2D eigenvalue weighted by Crippen LogP contribution is 2.20. The van der Waals surface area contributed by atoms with E-state index >= 15 is 0 Å². The predicted molar refractivity (Wildman–Crippen MR) is 79.6 cm³/mol. The van der Waals surface area contributed by atoms with Crippen molar-refractivity contribution >= 4 is 17.4 Å². The molecule has 108 valence electrons. The molecule has 0 spiro atoms. The summed E-state index contributed by atoms with van der Waals surface area (Å²) in [5.41, 5.74) is 13.1. The molecule has 1 aliphatic heterocycles. The highest BCUT2D eigenvalue weighted by atomic mass is 19.1. The van der Waals surface area contributed by atoms with Crippen molar-refractivity contribution in [3.63, 3.8) is 0 Å². The maximum Gasteiger partial charge on any atom is 0.156 e. The Morgan fingerprint density at radius 2 is 2.25 bits per heavy atom. The van der Waals surface area contributed by atoms with Gasteiger partial charge in [0.25, 0.3) is 0 Å². The lowest BCUT2D eigenvalue weighted by molar-refractivity contribution is 0.456. The van der Waals surface area contributed by atoms with Crippen molar-refractivity contribution in [3.8, 4) is 0 Å². The van der Waals surface area contributed by atoms with Gasteiger partial charge in [-0.3, -0.25) is 5.41 Å². The number of benzene rings is 1. The molecule has 0 aliphatic carbocycles. The minimum absolute atomic E-state index is 0.0897. The highest BCUT2D eigenvalue weighted by Gasteiger charge is 2.18. The summed E-state index contributed by atoms with van der Waals surface area (Å²) in [5.74, 6) is 0.0150. The van der Waals surface area contributed by atoms with Crippen LogP contribution in [0.25, 0.3) is 0 Å². The Hall–Kier alpha value is -1.95. The molecule has 0 saturated carbocycles. The molecule has 1 heterocycles. The molecule has 5 nitrogen and oxygen atoms in total. The van der Waals surface area contributed by atoms with E-state index < -0.39 is 5.82 Å². The zero-order valence-electron chi connectivity index (χ0n) is 11.5. The molecular weight excluding hydrogens is 257 g/mol. The van der Waals surface area contributed by atoms with Gasteiger partial charge in [-0.1, -0.05) is 0 Å². The van der Waals surface area contributed by atoms with Crippen molar-refractivity contribution in [2.75, 3.05) is 18.8 Å². The van der Waals surface area contributed by atoms with Crippen LogP contribution in [0.4, 0.5) is 10.1 Å². The Balaban J connectivity index is 2.23. The van der Waals surface area contributed by atoms with Crippen LogP contribution in [0.1, 0.15) is 24.0 Å². The van der Waals surface area contributed by atoms with Crippen molar-refractivity contribution in [2.24, 2.45) is 16.6 Å². The summed E-state index contributed by atoms with van der Waals surface area (Å²) in [6.07, 6.45) is 1.99. The number of hydrogen-bond donors (Lipinski definition) is 4. The molecule has 0 unspecified atom stereocenters. The number of piperidine rings is 1. The maximum atomic E-state index is 13.4. The average Bonchev–Trinajstić information content (AvgIpc) is 2.43. The number of anilines is 1. The second-order valence-electron chi connectivity index (χ2n) is 5.11. The first-order chi connectivity index (χ1) is 9.49. The predicted octanol–water partition coefficient (Wildman–Crippen LogP) is 1.40. The quantitative estimate of drug-likeness (QED) is 0.373. The number of nitrogen functional groups attached to an aromatic ring is 1. The normalized spacial score (nSPS) is 19.9. The summed E-state index contributed by atoms with van der Waals surface area (Å²) in [5, 5.41) is 11.2. The molecule has 1 fully saturated rings. The Morgan fingerprint density at radius 1 is 1.50 bits per heavy atom. The van der Waals surface area contributed by atoms with E-state index in [1.165, 1.54) is 12.1 Å². The van der Waals surface area contributed by atoms with Crippen molar-refractivity contribution in [3.05, 3.63) is 29.1 Å². The van der Waals surface area contributed by atoms with Gasteiger partial charge in [-0.2, -0.15) is 0 Å². The molecule has 20 heavy (non-hydrogen) atoms. The van der Waals surface area contributed by atoms with E-state index in [1.54, 1.807) is 6.92 Å². The number of nitrogens with two attached hydrogens (primary N) is 2. The standard InChI is InChI=1S/C14H20FN5/c1-8-5-10(15)6-11(12(8)16)14(18)20-13(17)9-3-2-4-19-7-9/h5-6,9,19H,2-4,7,16H2,1H3,(H3,17,18,20)/t9-/m1/s1. The Labute approximate surface area is 117 Å². The van der Waals surface area contributed by atoms with E-state index in [0.717, 1.165) is 25.9 Å². The maximum absolute atomic E-state index is 13.4. The third-order valence-corrected chi connectivity index (χ3v) is 3.56. The summed E-state index contributed by atoms with van der Waals surface area (Å²) in [7, 11) is 0. The third kappa shape index (κ3) is 3.14. The van der Waals surface area contributed by atoms with Gasteiger partial charge in [0.1, 0.15) is 11.7 Å². The SMILES string of the molecule is Cc1cc(F)cc(C(=N)N=C(N)[C@@H]2CCCNC2)c1N. The fourth-order valence-corrected chi connectivity index (χ4v) is 2.34. The monoisotopic (exact) mass is 277 g/mol. The van der Waals surface area contributed by atoms with Crippen LogP contribution in [0.5, 0.6) is 0 Å². The largest absolute Gasteiger partial charge is 0.398 e. The first kappa shape index (κ1) is 14.5. The molecule has 2 rings (SSSR count). The van der Waals surface area contributed by atoms with Crippen LogP contribution >= 0.6 is 0 Å². The Bertz CT molecular complexity index is 547. The van der Waals surface area contributed by atoms with E-state index in [0.29, 0.717) is 17.1 Å². The van der Waals surface area contributed by atoms with Crippen LogP contribution in [0.15, 0.2) is 17.1 Å². The first-order valence-electron chi connectivity index (χ1n) is 6.68. The number of aryl methyl sites for hydroxylation is 1. The van der Waals surface area contributed by atoms with Crippen molar-refractivity contribution < 1.29 is 4.39 Å². The molecule has 0 amide bonds. The van der Waals surface area contributed by atoms with Crippen LogP contribution in [0.3, 0.4) is 0 Å². The zero-order chi connectivity index (χ0) is 14.7. The number of nitrogens with zero attached hydrogens (tertiary/aromatic N) is 1. The molecule has 0 aromatic heterocycles. The van der Waals surface area contributed by atoms with Gasteiger partial charge >= 0.3 is 0 Å². The molecule has 0 bridgehead atoms. The molecule has 6 heteroatoms. The van der Waals surface area contributed by atoms with Gasteiger partial charge in [0, 0.05) is 23.7 Å². The van der Waals surface area contributed by atoms with E-state index in [9.17, 15) is 4.39 Å². The molecule has 1 aliphatic rings. The van der Waals surface area contributed by atoms with E-state index in [2.05, 4.69) is 10.3 Å². The topological polar surface area (TPSA) is 100 Å². The summed E-state index contributed by atoms with van der Waals surface area (Å²) >= 11 is 0. The molecule has 1 aromatic carbocycles. The number of aliphatic imine (C=N–C) groups is 1.